The molecule has 0 atom stereocenters. The zero-order valence-electron chi connectivity index (χ0n) is 12.0. The molecule has 0 amide bonds. The van der Waals surface area contributed by atoms with Gasteiger partial charge in [-0.3, -0.25) is 0 Å². The van der Waals surface area contributed by atoms with Crippen LogP contribution in [0.15, 0.2) is 36.4 Å². The molecule has 2 rings (SSSR count). The van der Waals surface area contributed by atoms with E-state index in [9.17, 15) is 20.1 Å². The van der Waals surface area contributed by atoms with Crippen LogP contribution in [-0.2, 0) is 4.74 Å². The lowest BCUT2D eigenvalue weighted by Gasteiger charge is -2.05. The minimum Gasteiger partial charge on any atom is -0.507 e. The number of phenolic OH excluding ortho intramolecular Hbond substituents is 3. The van der Waals surface area contributed by atoms with Gasteiger partial charge in [-0.05, 0) is 42.3 Å². The van der Waals surface area contributed by atoms with Crippen LogP contribution in [0.4, 0.5) is 0 Å². The van der Waals surface area contributed by atoms with E-state index in [2.05, 4.69) is 0 Å². The predicted octanol–water partition coefficient (Wildman–Crippen LogP) is 3.15. The third-order valence-corrected chi connectivity index (χ3v) is 2.98. The molecule has 0 aliphatic rings. The number of ether oxygens (including phenoxy) is 1. The van der Waals surface area contributed by atoms with Gasteiger partial charge >= 0.3 is 5.97 Å². The molecule has 2 aromatic carbocycles. The summed E-state index contributed by atoms with van der Waals surface area (Å²) >= 11 is 0. The molecule has 114 valence electrons. The first kappa shape index (κ1) is 15.4. The monoisotopic (exact) mass is 300 g/mol. The summed E-state index contributed by atoms with van der Waals surface area (Å²) in [5.74, 6) is -1.12. The van der Waals surface area contributed by atoms with Crippen molar-refractivity contribution in [3.63, 3.8) is 0 Å². The Morgan fingerprint density at radius 2 is 1.55 bits per heavy atom. The standard InChI is InChI=1S/C17H16O5/c1-2-22-17(21)13-9-11(5-7-14(13)18)3-4-12-6-8-15(19)16(20)10-12/h3-10,18-20H,2H2,1H3/b4-3+. The molecule has 0 fully saturated rings. The van der Waals surface area contributed by atoms with Crippen LogP contribution in [0.25, 0.3) is 12.2 Å². The predicted molar refractivity (Wildman–Crippen MR) is 82.8 cm³/mol. The Morgan fingerprint density at radius 3 is 2.14 bits per heavy atom. The molecule has 0 aliphatic heterocycles. The van der Waals surface area contributed by atoms with Crippen LogP contribution in [-0.4, -0.2) is 27.9 Å². The second kappa shape index (κ2) is 6.67. The Kier molecular flexibility index (Phi) is 4.68. The molecule has 0 saturated carbocycles. The summed E-state index contributed by atoms with van der Waals surface area (Å²) in [6.45, 7) is 1.92. The van der Waals surface area contributed by atoms with Gasteiger partial charge in [0.25, 0.3) is 0 Å². The molecule has 0 heterocycles. The number of rotatable bonds is 4. The lowest BCUT2D eigenvalue weighted by molar-refractivity contribution is 0.0523. The fraction of sp³-hybridized carbons (Fsp3) is 0.118. The van der Waals surface area contributed by atoms with Crippen molar-refractivity contribution >= 4 is 18.1 Å². The second-order valence-electron chi connectivity index (χ2n) is 4.58. The first-order valence-corrected chi connectivity index (χ1v) is 6.71. The molecule has 2 aromatic rings. The van der Waals surface area contributed by atoms with Gasteiger partial charge in [-0.2, -0.15) is 0 Å². The van der Waals surface area contributed by atoms with Crippen LogP contribution in [0.5, 0.6) is 17.2 Å². The highest BCUT2D eigenvalue weighted by atomic mass is 16.5. The molecule has 0 aromatic heterocycles. The SMILES string of the molecule is CCOC(=O)c1cc(/C=C/c2ccc(O)c(O)c2)ccc1O. The molecule has 5 heteroatoms. The number of phenols is 3. The van der Waals surface area contributed by atoms with Gasteiger partial charge in [0, 0.05) is 0 Å². The highest BCUT2D eigenvalue weighted by Gasteiger charge is 2.12. The molecule has 22 heavy (non-hydrogen) atoms. The molecule has 0 bridgehead atoms. The van der Waals surface area contributed by atoms with E-state index in [1.54, 1.807) is 31.2 Å². The fourth-order valence-corrected chi connectivity index (χ4v) is 1.87. The quantitative estimate of drug-likeness (QED) is 0.459. The molecule has 3 N–H and O–H groups in total. The minimum absolute atomic E-state index is 0.0950. The number of carbonyl (C=O) groups excluding carboxylic acids is 1. The normalized spacial score (nSPS) is 10.8. The van der Waals surface area contributed by atoms with E-state index in [0.29, 0.717) is 11.1 Å². The van der Waals surface area contributed by atoms with Crippen LogP contribution < -0.4 is 0 Å². The maximum absolute atomic E-state index is 11.7. The van der Waals surface area contributed by atoms with E-state index < -0.39 is 5.97 Å². The number of esters is 1. The van der Waals surface area contributed by atoms with Crippen molar-refractivity contribution in [3.8, 4) is 17.2 Å². The Hall–Kier alpha value is -2.95. The lowest BCUT2D eigenvalue weighted by atomic mass is 10.1. The van der Waals surface area contributed by atoms with Gasteiger partial charge in [0.2, 0.25) is 0 Å². The van der Waals surface area contributed by atoms with Gasteiger partial charge in [0.1, 0.15) is 11.3 Å². The molecular weight excluding hydrogens is 284 g/mol. The third kappa shape index (κ3) is 3.58. The summed E-state index contributed by atoms with van der Waals surface area (Å²) in [6, 6.07) is 9.02. The third-order valence-electron chi connectivity index (χ3n) is 2.98. The molecule has 0 aliphatic carbocycles. The fourth-order valence-electron chi connectivity index (χ4n) is 1.87. The van der Waals surface area contributed by atoms with Gasteiger partial charge in [-0.1, -0.05) is 24.3 Å². The van der Waals surface area contributed by atoms with E-state index in [1.807, 2.05) is 0 Å². The Balaban J connectivity index is 2.25. The van der Waals surface area contributed by atoms with E-state index in [-0.39, 0.29) is 29.4 Å². The Labute approximate surface area is 127 Å². The van der Waals surface area contributed by atoms with E-state index >= 15 is 0 Å². The maximum Gasteiger partial charge on any atom is 0.341 e. The molecule has 5 nitrogen and oxygen atoms in total. The summed E-state index contributed by atoms with van der Waals surface area (Å²) in [5.41, 5.74) is 1.46. The lowest BCUT2D eigenvalue weighted by Crippen LogP contribution is -2.05. The Bertz CT molecular complexity index is 719. The van der Waals surface area contributed by atoms with Crippen molar-refractivity contribution in [3.05, 3.63) is 53.1 Å². The largest absolute Gasteiger partial charge is 0.507 e. The van der Waals surface area contributed by atoms with Crippen molar-refractivity contribution in [2.24, 2.45) is 0 Å². The van der Waals surface area contributed by atoms with Crippen molar-refractivity contribution in [1.82, 2.24) is 0 Å². The number of carbonyl (C=O) groups is 1. The van der Waals surface area contributed by atoms with Gasteiger partial charge in [0.05, 0.1) is 6.61 Å². The zero-order chi connectivity index (χ0) is 16.1. The highest BCUT2D eigenvalue weighted by molar-refractivity contribution is 5.93. The minimum atomic E-state index is -0.586. The zero-order valence-corrected chi connectivity index (χ0v) is 12.0. The molecule has 0 spiro atoms. The summed E-state index contributed by atoms with van der Waals surface area (Å²) in [5, 5.41) is 28.4. The van der Waals surface area contributed by atoms with Crippen molar-refractivity contribution in [2.45, 2.75) is 6.92 Å². The van der Waals surface area contributed by atoms with Gasteiger partial charge in [0.15, 0.2) is 11.5 Å². The topological polar surface area (TPSA) is 87.0 Å². The molecule has 0 saturated heterocycles. The van der Waals surface area contributed by atoms with Gasteiger partial charge in [-0.25, -0.2) is 4.79 Å². The molecular formula is C17H16O5. The summed E-state index contributed by atoms with van der Waals surface area (Å²) in [6.07, 6.45) is 3.43. The molecule has 0 unspecified atom stereocenters. The summed E-state index contributed by atoms with van der Waals surface area (Å²) in [7, 11) is 0. The van der Waals surface area contributed by atoms with Crippen LogP contribution >= 0.6 is 0 Å². The van der Waals surface area contributed by atoms with E-state index in [4.69, 9.17) is 4.74 Å². The van der Waals surface area contributed by atoms with Crippen molar-refractivity contribution in [2.75, 3.05) is 6.61 Å². The smallest absolute Gasteiger partial charge is 0.341 e. The van der Waals surface area contributed by atoms with Crippen LogP contribution in [0.1, 0.15) is 28.4 Å². The summed E-state index contributed by atoms with van der Waals surface area (Å²) < 4.78 is 4.87. The number of hydrogen-bond donors (Lipinski definition) is 3. The van der Waals surface area contributed by atoms with Gasteiger partial charge in [-0.15, -0.1) is 0 Å². The second-order valence-corrected chi connectivity index (χ2v) is 4.58. The van der Waals surface area contributed by atoms with Crippen molar-refractivity contribution < 1.29 is 24.9 Å². The van der Waals surface area contributed by atoms with Crippen LogP contribution in [0.3, 0.4) is 0 Å². The molecule has 0 radical (unpaired) electrons. The van der Waals surface area contributed by atoms with Crippen molar-refractivity contribution in [1.29, 1.82) is 0 Å². The average molecular weight is 300 g/mol. The summed E-state index contributed by atoms with van der Waals surface area (Å²) in [4.78, 5) is 11.7. The average Bonchev–Trinajstić information content (AvgIpc) is 2.50. The maximum atomic E-state index is 11.7. The number of aromatic hydroxyl groups is 3. The van der Waals surface area contributed by atoms with E-state index in [0.717, 1.165) is 0 Å². The van der Waals surface area contributed by atoms with Gasteiger partial charge < -0.3 is 20.1 Å². The number of benzene rings is 2. The van der Waals surface area contributed by atoms with Crippen LogP contribution in [0.2, 0.25) is 0 Å². The number of hydrogen-bond acceptors (Lipinski definition) is 5. The first-order chi connectivity index (χ1) is 10.5. The Morgan fingerprint density at radius 1 is 0.955 bits per heavy atom. The first-order valence-electron chi connectivity index (χ1n) is 6.71. The van der Waals surface area contributed by atoms with Crippen LogP contribution in [0, 0.1) is 0 Å². The highest BCUT2D eigenvalue weighted by Crippen LogP contribution is 2.26. The van der Waals surface area contributed by atoms with E-state index in [1.165, 1.54) is 24.3 Å².